The van der Waals surface area contributed by atoms with E-state index in [0.717, 1.165) is 23.5 Å². The Kier molecular flexibility index (Phi) is 5.73. The van der Waals surface area contributed by atoms with Gasteiger partial charge in [-0.25, -0.2) is 9.97 Å². The van der Waals surface area contributed by atoms with Crippen molar-refractivity contribution in [2.45, 2.75) is 26.2 Å². The molecule has 1 aliphatic heterocycles. The first-order valence-corrected chi connectivity index (χ1v) is 11.4. The summed E-state index contributed by atoms with van der Waals surface area (Å²) in [5, 5.41) is 8.73. The number of rotatable bonds is 5. The molecular formula is C25H27N7O. The number of amides is 1. The molecule has 0 unspecified atom stereocenters. The Labute approximate surface area is 192 Å². The van der Waals surface area contributed by atoms with E-state index >= 15 is 0 Å². The SMILES string of the molecule is CC[C@H](C(=O)N1CCN(c2ncnc3c2nnn3-c2ccc(C)cc2)CC1)c1ccccc1. The molecular weight excluding hydrogens is 414 g/mol. The highest BCUT2D eigenvalue weighted by Crippen LogP contribution is 2.26. The van der Waals surface area contributed by atoms with Crippen LogP contribution in [0.3, 0.4) is 0 Å². The Morgan fingerprint density at radius 3 is 2.39 bits per heavy atom. The van der Waals surface area contributed by atoms with E-state index < -0.39 is 0 Å². The molecule has 8 nitrogen and oxygen atoms in total. The number of anilines is 1. The minimum Gasteiger partial charge on any atom is -0.351 e. The molecule has 0 N–H and O–H groups in total. The molecule has 4 aromatic rings. The molecule has 8 heteroatoms. The Morgan fingerprint density at radius 2 is 1.70 bits per heavy atom. The van der Waals surface area contributed by atoms with E-state index in [4.69, 9.17) is 0 Å². The van der Waals surface area contributed by atoms with Crippen molar-refractivity contribution in [1.29, 1.82) is 0 Å². The zero-order chi connectivity index (χ0) is 22.8. The number of aryl methyl sites for hydroxylation is 1. The summed E-state index contributed by atoms with van der Waals surface area (Å²) in [6.45, 7) is 6.82. The van der Waals surface area contributed by atoms with Crippen molar-refractivity contribution < 1.29 is 4.79 Å². The van der Waals surface area contributed by atoms with Gasteiger partial charge in [-0.05, 0) is 31.0 Å². The smallest absolute Gasteiger partial charge is 0.230 e. The summed E-state index contributed by atoms with van der Waals surface area (Å²) in [5.41, 5.74) is 4.53. The van der Waals surface area contributed by atoms with Crippen LogP contribution in [-0.4, -0.2) is 61.9 Å². The van der Waals surface area contributed by atoms with E-state index in [1.54, 1.807) is 11.0 Å². The second kappa shape index (κ2) is 8.97. The summed E-state index contributed by atoms with van der Waals surface area (Å²) in [4.78, 5) is 26.3. The van der Waals surface area contributed by atoms with Gasteiger partial charge in [0.2, 0.25) is 5.91 Å². The average Bonchev–Trinajstić information content (AvgIpc) is 3.30. The third-order valence-corrected chi connectivity index (χ3v) is 6.30. The summed E-state index contributed by atoms with van der Waals surface area (Å²) in [5.74, 6) is 0.861. The zero-order valence-corrected chi connectivity index (χ0v) is 18.9. The maximum Gasteiger partial charge on any atom is 0.230 e. The number of fused-ring (bicyclic) bond motifs is 1. The number of hydrogen-bond donors (Lipinski definition) is 0. The van der Waals surface area contributed by atoms with E-state index in [9.17, 15) is 4.79 Å². The molecule has 0 spiro atoms. The van der Waals surface area contributed by atoms with Crippen LogP contribution in [0, 0.1) is 6.92 Å². The summed E-state index contributed by atoms with van der Waals surface area (Å²) in [7, 11) is 0. The molecule has 2 aromatic heterocycles. The molecule has 0 aliphatic carbocycles. The van der Waals surface area contributed by atoms with E-state index in [2.05, 4.69) is 39.0 Å². The standard InChI is InChI=1S/C25H27N7O/c1-3-21(19-7-5-4-6-8-19)25(33)31-15-13-30(14-16-31)23-22-24(27-17-26-23)32(29-28-22)20-11-9-18(2)10-12-20/h4-12,17,21H,3,13-16H2,1-2H3/t21-/m0/s1. The van der Waals surface area contributed by atoms with Crippen LogP contribution < -0.4 is 4.90 Å². The van der Waals surface area contributed by atoms with Gasteiger partial charge < -0.3 is 9.80 Å². The Morgan fingerprint density at radius 1 is 0.970 bits per heavy atom. The number of carbonyl (C=O) groups excluding carboxylic acids is 1. The maximum absolute atomic E-state index is 13.2. The summed E-state index contributed by atoms with van der Waals surface area (Å²) in [6.07, 6.45) is 2.35. The lowest BCUT2D eigenvalue weighted by Crippen LogP contribution is -2.50. The topological polar surface area (TPSA) is 80.0 Å². The first-order chi connectivity index (χ1) is 16.2. The minimum absolute atomic E-state index is 0.0992. The van der Waals surface area contributed by atoms with E-state index in [1.807, 2.05) is 59.5 Å². The monoisotopic (exact) mass is 441 g/mol. The van der Waals surface area contributed by atoms with Gasteiger partial charge in [0, 0.05) is 26.2 Å². The van der Waals surface area contributed by atoms with Crippen LogP contribution in [0.15, 0.2) is 60.9 Å². The van der Waals surface area contributed by atoms with Gasteiger partial charge in [0.25, 0.3) is 0 Å². The van der Waals surface area contributed by atoms with Crippen LogP contribution in [0.1, 0.15) is 30.4 Å². The van der Waals surface area contributed by atoms with Gasteiger partial charge >= 0.3 is 0 Å². The van der Waals surface area contributed by atoms with Crippen LogP contribution in [0.25, 0.3) is 16.9 Å². The van der Waals surface area contributed by atoms with Gasteiger partial charge in [0.1, 0.15) is 6.33 Å². The molecule has 3 heterocycles. The van der Waals surface area contributed by atoms with Crippen LogP contribution in [0.4, 0.5) is 5.82 Å². The molecule has 5 rings (SSSR count). The first-order valence-electron chi connectivity index (χ1n) is 11.4. The van der Waals surface area contributed by atoms with Crippen LogP contribution >= 0.6 is 0 Å². The molecule has 0 radical (unpaired) electrons. The number of piperazine rings is 1. The third-order valence-electron chi connectivity index (χ3n) is 6.30. The van der Waals surface area contributed by atoms with Crippen molar-refractivity contribution >= 4 is 22.9 Å². The molecule has 0 bridgehead atoms. The Balaban J connectivity index is 1.33. The number of aromatic nitrogens is 5. The number of hydrogen-bond acceptors (Lipinski definition) is 6. The van der Waals surface area contributed by atoms with Crippen LogP contribution in [-0.2, 0) is 4.79 Å². The highest BCUT2D eigenvalue weighted by Gasteiger charge is 2.29. The predicted molar refractivity (Wildman–Crippen MR) is 127 cm³/mol. The fourth-order valence-corrected chi connectivity index (χ4v) is 4.43. The first kappa shape index (κ1) is 21.1. The third kappa shape index (κ3) is 4.04. The predicted octanol–water partition coefficient (Wildman–Crippen LogP) is 3.36. The second-order valence-electron chi connectivity index (χ2n) is 8.39. The summed E-state index contributed by atoms with van der Waals surface area (Å²) in [6, 6.07) is 18.1. The van der Waals surface area contributed by atoms with Gasteiger partial charge in [0.05, 0.1) is 11.6 Å². The number of carbonyl (C=O) groups is 1. The lowest BCUT2D eigenvalue weighted by molar-refractivity contribution is -0.133. The Bertz CT molecular complexity index is 1240. The molecule has 1 amide bonds. The van der Waals surface area contributed by atoms with Gasteiger partial charge in [-0.2, -0.15) is 4.68 Å². The number of benzene rings is 2. The molecule has 1 fully saturated rings. The van der Waals surface area contributed by atoms with Gasteiger partial charge in [0.15, 0.2) is 17.0 Å². The summed E-state index contributed by atoms with van der Waals surface area (Å²) >= 11 is 0. The largest absolute Gasteiger partial charge is 0.351 e. The van der Waals surface area contributed by atoms with E-state index in [0.29, 0.717) is 37.3 Å². The maximum atomic E-state index is 13.2. The van der Waals surface area contributed by atoms with Gasteiger partial charge in [-0.15, -0.1) is 5.10 Å². The van der Waals surface area contributed by atoms with Crippen molar-refractivity contribution in [2.24, 2.45) is 0 Å². The quantitative estimate of drug-likeness (QED) is 0.473. The van der Waals surface area contributed by atoms with E-state index in [-0.39, 0.29) is 11.8 Å². The summed E-state index contributed by atoms with van der Waals surface area (Å²) < 4.78 is 1.74. The Hall–Kier alpha value is -3.81. The minimum atomic E-state index is -0.0992. The lowest BCUT2D eigenvalue weighted by Gasteiger charge is -2.37. The van der Waals surface area contributed by atoms with Crippen molar-refractivity contribution in [2.75, 3.05) is 31.1 Å². The second-order valence-corrected chi connectivity index (χ2v) is 8.39. The highest BCUT2D eigenvalue weighted by molar-refractivity contribution is 5.85. The van der Waals surface area contributed by atoms with E-state index in [1.165, 1.54) is 5.56 Å². The zero-order valence-electron chi connectivity index (χ0n) is 18.9. The number of nitrogens with zero attached hydrogens (tertiary/aromatic N) is 7. The van der Waals surface area contributed by atoms with Crippen LogP contribution in [0.5, 0.6) is 0 Å². The normalized spacial score (nSPS) is 15.1. The molecule has 168 valence electrons. The molecule has 1 atom stereocenters. The van der Waals surface area contributed by atoms with Gasteiger partial charge in [-0.1, -0.05) is 60.2 Å². The van der Waals surface area contributed by atoms with Gasteiger partial charge in [-0.3, -0.25) is 4.79 Å². The van der Waals surface area contributed by atoms with Crippen molar-refractivity contribution in [3.63, 3.8) is 0 Å². The van der Waals surface area contributed by atoms with Crippen molar-refractivity contribution in [1.82, 2.24) is 29.9 Å². The molecule has 33 heavy (non-hydrogen) atoms. The highest BCUT2D eigenvalue weighted by atomic mass is 16.2. The van der Waals surface area contributed by atoms with Crippen molar-refractivity contribution in [3.05, 3.63) is 72.1 Å². The van der Waals surface area contributed by atoms with Crippen molar-refractivity contribution in [3.8, 4) is 5.69 Å². The average molecular weight is 442 g/mol. The fraction of sp³-hybridized carbons (Fsp3) is 0.320. The molecule has 2 aromatic carbocycles. The fourth-order valence-electron chi connectivity index (χ4n) is 4.43. The molecule has 1 saturated heterocycles. The van der Waals surface area contributed by atoms with Crippen LogP contribution in [0.2, 0.25) is 0 Å². The lowest BCUT2D eigenvalue weighted by atomic mass is 9.95. The molecule has 1 aliphatic rings. The molecule has 0 saturated carbocycles.